The summed E-state index contributed by atoms with van der Waals surface area (Å²) < 4.78 is 32.6. The molecule has 0 amide bonds. The molecule has 0 radical (unpaired) electrons. The van der Waals surface area contributed by atoms with Crippen LogP contribution in [0.25, 0.3) is 0 Å². The zero-order chi connectivity index (χ0) is 26.6. The summed E-state index contributed by atoms with van der Waals surface area (Å²) in [6.07, 6.45) is 2.55. The molecule has 1 fully saturated rings. The van der Waals surface area contributed by atoms with Crippen molar-refractivity contribution in [2.75, 3.05) is 56.4 Å². The molecule has 0 bridgehead atoms. The Morgan fingerprint density at radius 3 is 2.65 bits per heavy atom. The summed E-state index contributed by atoms with van der Waals surface area (Å²) in [6, 6.07) is 13.1. The number of benzene rings is 2. The first-order valence-corrected chi connectivity index (χ1v) is 13.8. The zero-order valence-corrected chi connectivity index (χ0v) is 22.9. The lowest BCUT2D eigenvalue weighted by atomic mass is 10.2. The van der Waals surface area contributed by atoms with E-state index in [1.165, 1.54) is 26.4 Å². The van der Waals surface area contributed by atoms with Crippen LogP contribution in [-0.4, -0.2) is 69.6 Å². The lowest BCUT2D eigenvalue weighted by Crippen LogP contribution is -2.29. The van der Waals surface area contributed by atoms with Gasteiger partial charge >= 0.3 is 0 Å². The Bertz CT molecular complexity index is 1350. The second-order valence-electron chi connectivity index (χ2n) is 8.76. The zero-order valence-electron chi connectivity index (χ0n) is 21.3. The standard InChI is InChI=1S/C25H32ClN7O3S/c1-5-36-22-14-18(33-13-12-17(16-33)27-2)10-11-20(22)30-25-28-15-19(26)24(31-25)29-21-8-6-7-9-23(21)37(34,35)32(3)4/h6-11,14-15,17,27H,5,12-13,16H2,1-4H3,(H2,28,29,30,31)/t17-/m1/s1. The van der Waals surface area contributed by atoms with Gasteiger partial charge in [0.25, 0.3) is 0 Å². The summed E-state index contributed by atoms with van der Waals surface area (Å²) in [7, 11) is 1.27. The fourth-order valence-corrected chi connectivity index (χ4v) is 5.25. The van der Waals surface area contributed by atoms with E-state index in [2.05, 4.69) is 30.8 Å². The molecule has 10 nitrogen and oxygen atoms in total. The minimum absolute atomic E-state index is 0.112. The molecule has 37 heavy (non-hydrogen) atoms. The predicted octanol–water partition coefficient (Wildman–Crippen LogP) is 4.06. The highest BCUT2D eigenvalue weighted by Crippen LogP contribution is 2.34. The second kappa shape index (κ2) is 11.5. The van der Waals surface area contributed by atoms with Crippen molar-refractivity contribution in [3.05, 3.63) is 53.7 Å². The molecule has 12 heteroatoms. The first-order valence-electron chi connectivity index (χ1n) is 12.0. The average molecular weight is 546 g/mol. The summed E-state index contributed by atoms with van der Waals surface area (Å²) in [5.74, 6) is 1.23. The molecule has 1 atom stereocenters. The van der Waals surface area contributed by atoms with E-state index in [-0.39, 0.29) is 21.7 Å². The Balaban J connectivity index is 1.60. The van der Waals surface area contributed by atoms with Crippen LogP contribution in [0.4, 0.5) is 28.8 Å². The number of sulfonamides is 1. The molecule has 2 heterocycles. The number of para-hydroxylation sites is 1. The number of hydrogen-bond acceptors (Lipinski definition) is 9. The van der Waals surface area contributed by atoms with Gasteiger partial charge in [-0.15, -0.1) is 0 Å². The van der Waals surface area contributed by atoms with Gasteiger partial charge in [-0.1, -0.05) is 23.7 Å². The highest BCUT2D eigenvalue weighted by Gasteiger charge is 2.23. The number of hydrogen-bond donors (Lipinski definition) is 3. The molecule has 2 aromatic carbocycles. The molecular formula is C25H32ClN7O3S. The summed E-state index contributed by atoms with van der Waals surface area (Å²) >= 11 is 6.37. The number of nitrogens with zero attached hydrogens (tertiary/aromatic N) is 4. The Kier molecular flexibility index (Phi) is 8.38. The van der Waals surface area contributed by atoms with Crippen LogP contribution in [0.1, 0.15) is 13.3 Å². The fraction of sp³-hybridized carbons (Fsp3) is 0.360. The van der Waals surface area contributed by atoms with Crippen LogP contribution < -0.4 is 25.6 Å². The van der Waals surface area contributed by atoms with E-state index in [1.54, 1.807) is 18.2 Å². The first-order chi connectivity index (χ1) is 17.7. The van der Waals surface area contributed by atoms with Crippen LogP contribution in [0.3, 0.4) is 0 Å². The Morgan fingerprint density at radius 1 is 1.16 bits per heavy atom. The summed E-state index contributed by atoms with van der Waals surface area (Å²) in [5, 5.41) is 9.84. The van der Waals surface area contributed by atoms with Crippen LogP contribution in [0, 0.1) is 0 Å². The van der Waals surface area contributed by atoms with Gasteiger partial charge in [0.15, 0.2) is 5.82 Å². The molecule has 1 aliphatic heterocycles. The van der Waals surface area contributed by atoms with E-state index >= 15 is 0 Å². The van der Waals surface area contributed by atoms with Crippen LogP contribution in [0.5, 0.6) is 5.75 Å². The van der Waals surface area contributed by atoms with Crippen LogP contribution in [0.2, 0.25) is 5.02 Å². The van der Waals surface area contributed by atoms with Crippen molar-refractivity contribution in [1.29, 1.82) is 0 Å². The average Bonchev–Trinajstić information content (AvgIpc) is 3.37. The highest BCUT2D eigenvalue weighted by molar-refractivity contribution is 7.89. The van der Waals surface area contributed by atoms with E-state index < -0.39 is 10.0 Å². The lowest BCUT2D eigenvalue weighted by molar-refractivity contribution is 0.342. The van der Waals surface area contributed by atoms with Crippen molar-refractivity contribution in [2.24, 2.45) is 0 Å². The summed E-state index contributed by atoms with van der Waals surface area (Å²) in [4.78, 5) is 11.2. The number of rotatable bonds is 10. The van der Waals surface area contributed by atoms with E-state index in [0.717, 1.165) is 29.5 Å². The molecule has 1 aliphatic rings. The van der Waals surface area contributed by atoms with Gasteiger partial charge in [0.05, 0.1) is 24.2 Å². The van der Waals surface area contributed by atoms with Gasteiger partial charge in [-0.3, -0.25) is 0 Å². The van der Waals surface area contributed by atoms with E-state index in [9.17, 15) is 8.42 Å². The molecule has 198 valence electrons. The van der Waals surface area contributed by atoms with E-state index in [0.29, 0.717) is 29.8 Å². The minimum Gasteiger partial charge on any atom is -0.492 e. The predicted molar refractivity (Wildman–Crippen MR) is 148 cm³/mol. The van der Waals surface area contributed by atoms with Crippen LogP contribution in [-0.2, 0) is 10.0 Å². The quantitative estimate of drug-likeness (QED) is 0.347. The molecule has 0 aliphatic carbocycles. The number of nitrogens with one attached hydrogen (secondary N) is 3. The summed E-state index contributed by atoms with van der Waals surface area (Å²) in [6.45, 7) is 4.35. The van der Waals surface area contributed by atoms with Gasteiger partial charge in [-0.05, 0) is 44.7 Å². The van der Waals surface area contributed by atoms with Gasteiger partial charge in [0.1, 0.15) is 15.7 Å². The van der Waals surface area contributed by atoms with Crippen LogP contribution >= 0.6 is 11.6 Å². The van der Waals surface area contributed by atoms with Gasteiger partial charge in [0.2, 0.25) is 16.0 Å². The molecule has 1 aromatic heterocycles. The first kappa shape index (κ1) is 26.9. The third-order valence-electron chi connectivity index (χ3n) is 6.12. The smallest absolute Gasteiger partial charge is 0.244 e. The monoisotopic (exact) mass is 545 g/mol. The summed E-state index contributed by atoms with van der Waals surface area (Å²) in [5.41, 5.74) is 2.15. The second-order valence-corrected chi connectivity index (χ2v) is 11.3. The molecule has 1 saturated heterocycles. The number of halogens is 1. The molecular weight excluding hydrogens is 514 g/mol. The number of likely N-dealkylation sites (N-methyl/N-ethyl adjacent to an activating group) is 1. The van der Waals surface area contributed by atoms with Crippen molar-refractivity contribution in [3.63, 3.8) is 0 Å². The lowest BCUT2D eigenvalue weighted by Gasteiger charge is -2.21. The largest absolute Gasteiger partial charge is 0.492 e. The maximum Gasteiger partial charge on any atom is 0.244 e. The maximum absolute atomic E-state index is 12.8. The maximum atomic E-state index is 12.8. The van der Waals surface area contributed by atoms with Gasteiger partial charge in [0, 0.05) is 45.0 Å². The fourth-order valence-electron chi connectivity index (χ4n) is 4.07. The van der Waals surface area contributed by atoms with Gasteiger partial charge in [-0.2, -0.15) is 4.98 Å². The van der Waals surface area contributed by atoms with E-state index in [1.807, 2.05) is 32.2 Å². The number of aromatic nitrogens is 2. The van der Waals surface area contributed by atoms with Crippen molar-refractivity contribution in [2.45, 2.75) is 24.3 Å². The van der Waals surface area contributed by atoms with Gasteiger partial charge < -0.3 is 25.6 Å². The molecule has 0 saturated carbocycles. The van der Waals surface area contributed by atoms with Crippen molar-refractivity contribution < 1.29 is 13.2 Å². The third kappa shape index (κ3) is 6.07. The molecule has 0 spiro atoms. The normalized spacial score (nSPS) is 15.7. The van der Waals surface area contributed by atoms with Crippen molar-refractivity contribution >= 4 is 50.5 Å². The topological polar surface area (TPSA) is 112 Å². The highest BCUT2D eigenvalue weighted by atomic mass is 35.5. The third-order valence-corrected chi connectivity index (χ3v) is 8.27. The number of anilines is 5. The Hall–Kier alpha value is -3.12. The number of ether oxygens (including phenoxy) is 1. The van der Waals surface area contributed by atoms with E-state index in [4.69, 9.17) is 16.3 Å². The molecule has 0 unspecified atom stereocenters. The SMILES string of the molecule is CCOc1cc(N2CC[C@@H](NC)C2)ccc1Nc1ncc(Cl)c(Nc2ccccc2S(=O)(=O)N(C)C)n1. The Labute approximate surface area is 223 Å². The van der Waals surface area contributed by atoms with Gasteiger partial charge in [-0.25, -0.2) is 17.7 Å². The minimum atomic E-state index is -3.68. The Morgan fingerprint density at radius 2 is 1.95 bits per heavy atom. The van der Waals surface area contributed by atoms with Crippen molar-refractivity contribution in [3.8, 4) is 5.75 Å². The molecule has 4 rings (SSSR count). The van der Waals surface area contributed by atoms with Crippen LogP contribution in [0.15, 0.2) is 53.6 Å². The molecule has 3 N–H and O–H groups in total. The molecule has 3 aromatic rings. The van der Waals surface area contributed by atoms with Crippen molar-refractivity contribution in [1.82, 2.24) is 19.6 Å².